The van der Waals surface area contributed by atoms with Gasteiger partial charge in [0, 0.05) is 17.2 Å². The summed E-state index contributed by atoms with van der Waals surface area (Å²) in [5.74, 6) is 1.77. The normalized spacial score (nSPS) is 12.6. The van der Waals surface area contributed by atoms with Crippen LogP contribution in [-0.2, 0) is 27.4 Å². The second-order valence-corrected chi connectivity index (χ2v) is 8.41. The third kappa shape index (κ3) is 6.37. The number of para-hydroxylation sites is 1. The Morgan fingerprint density at radius 3 is 2.28 bits per heavy atom. The van der Waals surface area contributed by atoms with Crippen molar-refractivity contribution in [3.05, 3.63) is 59.8 Å². The Morgan fingerprint density at radius 1 is 0.972 bits per heavy atom. The molecule has 1 aromatic heterocycles. The summed E-state index contributed by atoms with van der Waals surface area (Å²) in [6, 6.07) is 15.6. The van der Waals surface area contributed by atoms with Gasteiger partial charge in [0.25, 0.3) is 0 Å². The van der Waals surface area contributed by atoms with Crippen molar-refractivity contribution in [3.8, 4) is 28.5 Å². The maximum absolute atomic E-state index is 12.5. The highest BCUT2D eigenvalue weighted by molar-refractivity contribution is 5.79. The Morgan fingerprint density at radius 2 is 1.67 bits per heavy atom. The molecule has 0 spiro atoms. The van der Waals surface area contributed by atoms with Crippen LogP contribution in [0.15, 0.2) is 48.5 Å². The Balaban J connectivity index is 2.01. The molecular weight excluding hydrogens is 460 g/mol. The lowest BCUT2D eigenvalue weighted by molar-refractivity contribution is -0.172. The number of aromatic nitrogens is 2. The van der Waals surface area contributed by atoms with Gasteiger partial charge in [0.1, 0.15) is 17.2 Å². The van der Waals surface area contributed by atoms with Crippen LogP contribution in [-0.4, -0.2) is 48.8 Å². The van der Waals surface area contributed by atoms with Gasteiger partial charge in [-0.05, 0) is 51.5 Å². The van der Waals surface area contributed by atoms with Gasteiger partial charge >= 0.3 is 5.97 Å². The second kappa shape index (κ2) is 12.4. The molecule has 1 heterocycles. The molecule has 0 saturated carbocycles. The van der Waals surface area contributed by atoms with Gasteiger partial charge in [-0.1, -0.05) is 25.1 Å². The van der Waals surface area contributed by atoms with Gasteiger partial charge in [0.05, 0.1) is 52.0 Å². The minimum absolute atomic E-state index is 0.150. The highest BCUT2D eigenvalue weighted by atomic mass is 16.6. The molecule has 0 aliphatic carbocycles. The molecule has 2 aromatic carbocycles. The van der Waals surface area contributed by atoms with Crippen molar-refractivity contribution in [2.75, 3.05) is 27.4 Å². The number of hydrogen-bond donors (Lipinski definition) is 0. The molecule has 194 valence electrons. The van der Waals surface area contributed by atoms with Crippen LogP contribution in [0, 0.1) is 0 Å². The number of hydrogen-bond acceptors (Lipinski definition) is 7. The number of ether oxygens (including phenoxy) is 5. The fourth-order valence-corrected chi connectivity index (χ4v) is 3.76. The number of esters is 1. The summed E-state index contributed by atoms with van der Waals surface area (Å²) >= 11 is 0. The molecule has 0 amide bonds. The number of nitrogens with zero attached hydrogens (tertiary/aromatic N) is 2. The summed E-state index contributed by atoms with van der Waals surface area (Å²) in [4.78, 5) is 12.5. The van der Waals surface area contributed by atoms with Crippen LogP contribution in [0.4, 0.5) is 0 Å². The Hall–Kier alpha value is -3.52. The van der Waals surface area contributed by atoms with E-state index in [9.17, 15) is 4.79 Å². The first-order valence-corrected chi connectivity index (χ1v) is 12.2. The van der Waals surface area contributed by atoms with Crippen LogP contribution in [0.5, 0.6) is 17.2 Å². The monoisotopic (exact) mass is 496 g/mol. The number of methoxy groups -OCH3 is 2. The van der Waals surface area contributed by atoms with Crippen molar-refractivity contribution < 1.29 is 28.5 Å². The first kappa shape index (κ1) is 27.1. The van der Waals surface area contributed by atoms with Gasteiger partial charge in [-0.15, -0.1) is 0 Å². The van der Waals surface area contributed by atoms with Crippen molar-refractivity contribution in [2.24, 2.45) is 0 Å². The maximum atomic E-state index is 12.5. The number of carbonyl (C=O) groups excluding carboxylic acids is 1. The highest BCUT2D eigenvalue weighted by Gasteiger charge is 2.34. The quantitative estimate of drug-likeness (QED) is 0.299. The summed E-state index contributed by atoms with van der Waals surface area (Å²) in [6.07, 6.45) is 0.480. The van der Waals surface area contributed by atoms with E-state index in [4.69, 9.17) is 28.8 Å². The molecule has 0 N–H and O–H groups in total. The number of carbonyl (C=O) groups is 1. The lowest BCUT2D eigenvalue weighted by Gasteiger charge is -2.25. The minimum Gasteiger partial charge on any atom is -0.497 e. The van der Waals surface area contributed by atoms with Gasteiger partial charge in [-0.2, -0.15) is 5.10 Å². The topological polar surface area (TPSA) is 81.0 Å². The van der Waals surface area contributed by atoms with E-state index in [-0.39, 0.29) is 12.6 Å². The van der Waals surface area contributed by atoms with E-state index in [1.54, 1.807) is 28.1 Å². The lowest BCUT2D eigenvalue weighted by Crippen LogP contribution is -2.39. The van der Waals surface area contributed by atoms with E-state index < -0.39 is 5.60 Å². The molecule has 36 heavy (non-hydrogen) atoms. The lowest BCUT2D eigenvalue weighted by atomic mass is 10.0. The zero-order valence-corrected chi connectivity index (χ0v) is 22.0. The van der Waals surface area contributed by atoms with E-state index in [2.05, 4.69) is 0 Å². The van der Waals surface area contributed by atoms with Crippen LogP contribution < -0.4 is 14.2 Å². The van der Waals surface area contributed by atoms with Crippen LogP contribution in [0.25, 0.3) is 11.3 Å². The molecule has 1 atom stereocenters. The smallest absolute Gasteiger partial charge is 0.338 e. The molecule has 3 aromatic rings. The molecule has 8 nitrogen and oxygen atoms in total. The summed E-state index contributed by atoms with van der Waals surface area (Å²) in [5, 5.41) is 4.84. The van der Waals surface area contributed by atoms with Gasteiger partial charge in [-0.3, -0.25) is 4.68 Å². The molecule has 3 rings (SSSR count). The molecule has 0 bridgehead atoms. The third-order valence-corrected chi connectivity index (χ3v) is 5.99. The van der Waals surface area contributed by atoms with Crippen LogP contribution in [0.1, 0.15) is 45.4 Å². The molecule has 0 radical (unpaired) electrons. The SMILES string of the molecule is CCOC(=O)[C@@](C)(CC)OCc1cc(-c2cc(OC)cc(OC)c2)n(Cc2ccccc2OCC)n1. The van der Waals surface area contributed by atoms with Crippen molar-refractivity contribution in [2.45, 2.75) is 52.9 Å². The van der Waals surface area contributed by atoms with Crippen molar-refractivity contribution in [1.29, 1.82) is 0 Å². The van der Waals surface area contributed by atoms with Crippen LogP contribution >= 0.6 is 0 Å². The second-order valence-electron chi connectivity index (χ2n) is 8.41. The fraction of sp³-hybridized carbons (Fsp3) is 0.429. The average Bonchev–Trinajstić information content (AvgIpc) is 3.31. The molecule has 0 aliphatic rings. The van der Waals surface area contributed by atoms with Crippen LogP contribution in [0.2, 0.25) is 0 Å². The van der Waals surface area contributed by atoms with E-state index in [0.29, 0.717) is 43.4 Å². The van der Waals surface area contributed by atoms with Gasteiger partial charge < -0.3 is 23.7 Å². The minimum atomic E-state index is -1.05. The molecule has 0 fully saturated rings. The third-order valence-electron chi connectivity index (χ3n) is 5.99. The summed E-state index contributed by atoms with van der Waals surface area (Å²) in [5.41, 5.74) is 2.36. The fourth-order valence-electron chi connectivity index (χ4n) is 3.76. The Kier molecular flexibility index (Phi) is 9.36. The average molecular weight is 497 g/mol. The predicted octanol–water partition coefficient (Wildman–Crippen LogP) is 5.26. The van der Waals surface area contributed by atoms with Crippen molar-refractivity contribution in [1.82, 2.24) is 9.78 Å². The predicted molar refractivity (Wildman–Crippen MR) is 138 cm³/mol. The standard InChI is InChI=1S/C28H36N2O6/c1-7-28(4,27(31)35-9-3)36-19-22-16-25(21-14-23(32-5)17-24(15-21)33-6)30(29-22)18-20-12-10-11-13-26(20)34-8-2/h10-17H,7-9,18-19H2,1-6H3/t28-/m1/s1. The Labute approximate surface area is 213 Å². The number of rotatable bonds is 13. The largest absolute Gasteiger partial charge is 0.497 e. The summed E-state index contributed by atoms with van der Waals surface area (Å²) in [6.45, 7) is 8.88. The summed E-state index contributed by atoms with van der Waals surface area (Å²) < 4.78 is 30.0. The van der Waals surface area contributed by atoms with Gasteiger partial charge in [-0.25, -0.2) is 4.79 Å². The zero-order valence-electron chi connectivity index (χ0n) is 22.0. The molecule has 0 saturated heterocycles. The number of benzene rings is 2. The summed E-state index contributed by atoms with van der Waals surface area (Å²) in [7, 11) is 3.24. The maximum Gasteiger partial charge on any atom is 0.338 e. The van der Waals surface area contributed by atoms with E-state index in [1.165, 1.54) is 0 Å². The van der Waals surface area contributed by atoms with Gasteiger partial charge in [0.15, 0.2) is 5.60 Å². The molecule has 0 unspecified atom stereocenters. The molecular formula is C28H36N2O6. The van der Waals surface area contributed by atoms with E-state index >= 15 is 0 Å². The molecule has 0 aliphatic heterocycles. The Bertz CT molecular complexity index is 1140. The highest BCUT2D eigenvalue weighted by Crippen LogP contribution is 2.32. The van der Waals surface area contributed by atoms with Crippen molar-refractivity contribution >= 4 is 5.97 Å². The van der Waals surface area contributed by atoms with Crippen LogP contribution in [0.3, 0.4) is 0 Å². The first-order chi connectivity index (χ1) is 17.4. The van der Waals surface area contributed by atoms with E-state index in [0.717, 1.165) is 22.6 Å². The molecule has 8 heteroatoms. The zero-order chi connectivity index (χ0) is 26.1. The van der Waals surface area contributed by atoms with E-state index in [1.807, 2.05) is 67.1 Å². The van der Waals surface area contributed by atoms with Gasteiger partial charge in [0.2, 0.25) is 0 Å². The van der Waals surface area contributed by atoms with Crippen molar-refractivity contribution in [3.63, 3.8) is 0 Å². The first-order valence-electron chi connectivity index (χ1n) is 12.2.